The van der Waals surface area contributed by atoms with Gasteiger partial charge in [-0.05, 0) is 36.4 Å². The van der Waals surface area contributed by atoms with Crippen LogP contribution in [0.15, 0.2) is 85.5 Å². The van der Waals surface area contributed by atoms with Crippen LogP contribution in [0.5, 0.6) is 0 Å². The number of fused-ring (bicyclic) bond motifs is 2. The fourth-order valence-electron chi connectivity index (χ4n) is 4.83. The maximum atomic E-state index is 2.45. The summed E-state index contributed by atoms with van der Waals surface area (Å²) >= 11 is 0. The number of imidazole rings is 2. The van der Waals surface area contributed by atoms with Crippen molar-refractivity contribution in [1.82, 2.24) is 9.13 Å². The summed E-state index contributed by atoms with van der Waals surface area (Å²) in [6.45, 7) is 14.6. The molecule has 0 saturated heterocycles. The van der Waals surface area contributed by atoms with E-state index in [9.17, 15) is 0 Å². The van der Waals surface area contributed by atoms with E-state index in [1.807, 2.05) is 0 Å². The minimum Gasteiger partial charge on any atom is -1.00 e. The van der Waals surface area contributed by atoms with E-state index in [0.717, 1.165) is 12.3 Å². The smallest absolute Gasteiger partial charge is 0.249 e. The number of halogens is 2. The molecule has 0 saturated carbocycles. The molecule has 5 rings (SSSR count). The summed E-state index contributed by atoms with van der Waals surface area (Å²) in [6, 6.07) is 26.5. The van der Waals surface area contributed by atoms with Crippen LogP contribution in [0.25, 0.3) is 33.4 Å². The average molecular weight is 739 g/mol. The zero-order valence-electron chi connectivity index (χ0n) is 22.0. The molecule has 8 heteroatoms. The molecular weight excluding hydrogens is 702 g/mol. The lowest BCUT2D eigenvalue weighted by Gasteiger charge is -2.12. The van der Waals surface area contributed by atoms with E-state index in [1.165, 1.54) is 33.4 Å². The Morgan fingerprint density at radius 1 is 0.556 bits per heavy atom. The van der Waals surface area contributed by atoms with Crippen molar-refractivity contribution in [3.63, 3.8) is 0 Å². The van der Waals surface area contributed by atoms with Gasteiger partial charge in [0.2, 0.25) is 12.7 Å². The maximum absolute atomic E-state index is 2.45. The number of aromatic nitrogens is 4. The van der Waals surface area contributed by atoms with E-state index in [0.29, 0.717) is 0 Å². The maximum Gasteiger partial charge on any atom is 0.249 e. The second-order valence-corrected chi connectivity index (χ2v) is 22.7. The lowest BCUT2D eigenvalue weighted by Crippen LogP contribution is -3.00. The number of hydrogen-bond acceptors (Lipinski definition) is 0. The van der Waals surface area contributed by atoms with Gasteiger partial charge in [0.25, 0.3) is 0 Å². The van der Waals surface area contributed by atoms with Gasteiger partial charge in [0, 0.05) is 6.07 Å². The van der Waals surface area contributed by atoms with Crippen LogP contribution in [0.3, 0.4) is 0 Å². The molecule has 0 aliphatic rings. The Bertz CT molecular complexity index is 1380. The Morgan fingerprint density at radius 2 is 0.944 bits per heavy atom. The average Bonchev–Trinajstić information content (AvgIpc) is 3.31. The molecule has 3 aromatic carbocycles. The molecule has 4 nitrogen and oxygen atoms in total. The molecule has 0 unspecified atom stereocenters. The molecule has 0 N–H and O–H groups in total. The largest absolute Gasteiger partial charge is 1.00 e. The van der Waals surface area contributed by atoms with Crippen LogP contribution in [-0.2, 0) is 12.3 Å². The van der Waals surface area contributed by atoms with Crippen molar-refractivity contribution in [1.29, 1.82) is 0 Å². The minimum absolute atomic E-state index is 0. The van der Waals surface area contributed by atoms with Crippen molar-refractivity contribution in [3.05, 3.63) is 85.5 Å². The van der Waals surface area contributed by atoms with E-state index in [4.69, 9.17) is 0 Å². The van der Waals surface area contributed by atoms with Crippen LogP contribution in [0, 0.1) is 0 Å². The molecule has 2 heterocycles. The summed E-state index contributed by atoms with van der Waals surface area (Å²) in [5.41, 5.74) is 7.49. The van der Waals surface area contributed by atoms with Crippen molar-refractivity contribution in [2.45, 2.75) is 51.6 Å². The first-order valence-corrected chi connectivity index (χ1v) is 19.6. The van der Waals surface area contributed by atoms with E-state index in [-0.39, 0.29) is 48.0 Å². The minimum atomic E-state index is -1.27. The van der Waals surface area contributed by atoms with Gasteiger partial charge >= 0.3 is 0 Å². The molecule has 0 aliphatic heterocycles. The third kappa shape index (κ3) is 6.13. The monoisotopic (exact) mass is 738 g/mol. The van der Waals surface area contributed by atoms with Crippen molar-refractivity contribution in [2.75, 3.05) is 0 Å². The molecule has 5 aromatic rings. The van der Waals surface area contributed by atoms with Crippen LogP contribution in [0.4, 0.5) is 0 Å². The van der Waals surface area contributed by atoms with E-state index in [2.05, 4.69) is 143 Å². The molecule has 190 valence electrons. The topological polar surface area (TPSA) is 17.6 Å². The van der Waals surface area contributed by atoms with Gasteiger partial charge in [-0.2, -0.15) is 9.13 Å². The van der Waals surface area contributed by atoms with Crippen LogP contribution in [0.2, 0.25) is 39.3 Å². The van der Waals surface area contributed by atoms with Gasteiger partial charge in [-0.25, -0.2) is 9.13 Å². The number of rotatable bonds is 6. The fourth-order valence-corrected chi connectivity index (χ4v) is 7.38. The standard InChI is InChI=1S/C28H36N4Si2.2HI/c1-33(2,3)21-29-19-31(27-16-9-7-14-25(27)29)23-12-11-13-24(18-23)32-20-30(22-34(4,5)6)26-15-8-10-17-28(26)32;;/h7-20H,21-22H2,1-6H3;2*1H/q+2;;/p-2. The summed E-state index contributed by atoms with van der Waals surface area (Å²) in [7, 11) is -2.54. The van der Waals surface area contributed by atoms with E-state index >= 15 is 0 Å². The molecule has 0 amide bonds. The van der Waals surface area contributed by atoms with Gasteiger partial charge < -0.3 is 48.0 Å². The number of benzene rings is 3. The van der Waals surface area contributed by atoms with Crippen molar-refractivity contribution in [2.24, 2.45) is 0 Å². The first-order chi connectivity index (χ1) is 16.1. The molecule has 0 atom stereocenters. The second kappa shape index (κ2) is 11.1. The van der Waals surface area contributed by atoms with Crippen LogP contribution >= 0.6 is 0 Å². The molecule has 0 radical (unpaired) electrons. The van der Waals surface area contributed by atoms with Gasteiger partial charge in [0.15, 0.2) is 22.1 Å². The normalized spacial score (nSPS) is 11.9. The van der Waals surface area contributed by atoms with Crippen molar-refractivity contribution >= 4 is 38.2 Å². The molecule has 0 spiro atoms. The lowest BCUT2D eigenvalue weighted by atomic mass is 10.2. The highest BCUT2D eigenvalue weighted by atomic mass is 127. The molecule has 0 aliphatic carbocycles. The zero-order chi connectivity index (χ0) is 24.1. The summed E-state index contributed by atoms with van der Waals surface area (Å²) in [6.07, 6.45) is 6.81. The lowest BCUT2D eigenvalue weighted by molar-refractivity contribution is -0.655. The quantitative estimate of drug-likeness (QED) is 0.132. The Morgan fingerprint density at radius 3 is 1.33 bits per heavy atom. The van der Waals surface area contributed by atoms with Gasteiger partial charge in [-0.3, -0.25) is 0 Å². The Kier molecular flexibility index (Phi) is 8.94. The third-order valence-electron chi connectivity index (χ3n) is 6.09. The van der Waals surface area contributed by atoms with Crippen molar-refractivity contribution < 1.29 is 57.1 Å². The molecule has 2 aromatic heterocycles. The summed E-state index contributed by atoms with van der Waals surface area (Å²) in [5.74, 6) is 0. The molecule has 36 heavy (non-hydrogen) atoms. The first-order valence-electron chi connectivity index (χ1n) is 12.2. The highest BCUT2D eigenvalue weighted by Crippen LogP contribution is 2.23. The molecule has 0 bridgehead atoms. The van der Waals surface area contributed by atoms with Gasteiger partial charge in [0.05, 0.1) is 28.5 Å². The van der Waals surface area contributed by atoms with E-state index in [1.54, 1.807) is 0 Å². The highest BCUT2D eigenvalue weighted by Gasteiger charge is 2.25. The predicted molar refractivity (Wildman–Crippen MR) is 147 cm³/mol. The van der Waals surface area contributed by atoms with Crippen molar-refractivity contribution in [3.8, 4) is 11.4 Å². The number of nitrogens with zero attached hydrogens (tertiary/aromatic N) is 4. The summed E-state index contributed by atoms with van der Waals surface area (Å²) in [5, 5.41) is 0. The predicted octanol–water partition coefficient (Wildman–Crippen LogP) is -0.0878. The number of para-hydroxylation sites is 4. The first kappa shape index (κ1) is 29.1. The fraction of sp³-hybridized carbons (Fsp3) is 0.286. The Balaban J connectivity index is 0.00000180. The molecular formula is C28H36I2N4Si2. The Hall–Kier alpha value is -1.51. The van der Waals surface area contributed by atoms with Gasteiger partial charge in [-0.15, -0.1) is 0 Å². The van der Waals surface area contributed by atoms with Crippen LogP contribution < -0.4 is 57.1 Å². The van der Waals surface area contributed by atoms with Gasteiger partial charge in [0.1, 0.15) is 11.4 Å². The molecule has 0 fully saturated rings. The van der Waals surface area contributed by atoms with Crippen LogP contribution in [0.1, 0.15) is 0 Å². The zero-order valence-corrected chi connectivity index (χ0v) is 28.4. The summed E-state index contributed by atoms with van der Waals surface area (Å²) < 4.78 is 9.59. The van der Waals surface area contributed by atoms with Gasteiger partial charge in [-0.1, -0.05) is 69.6 Å². The highest BCUT2D eigenvalue weighted by molar-refractivity contribution is 6.74. The summed E-state index contributed by atoms with van der Waals surface area (Å²) in [4.78, 5) is 0. The van der Waals surface area contributed by atoms with E-state index < -0.39 is 16.1 Å². The number of hydrogen-bond donors (Lipinski definition) is 0. The second-order valence-electron chi connectivity index (χ2n) is 11.8. The van der Waals surface area contributed by atoms with Crippen LogP contribution in [-0.4, -0.2) is 25.3 Å². The Labute approximate surface area is 251 Å². The third-order valence-corrected chi connectivity index (χ3v) is 8.67. The SMILES string of the molecule is C[Si](C)(C)C[n+]1cn(-c2cccc(-n3c[n+](C[Si](C)(C)C)c4ccccc43)c2)c2ccccc21.[I-].[I-].